The van der Waals surface area contributed by atoms with Gasteiger partial charge in [0.2, 0.25) is 0 Å². The normalized spacial score (nSPS) is 17.1. The van der Waals surface area contributed by atoms with Crippen LogP contribution in [-0.4, -0.2) is 49.2 Å². The summed E-state index contributed by atoms with van der Waals surface area (Å²) in [6.45, 7) is 3.58. The van der Waals surface area contributed by atoms with E-state index in [-0.39, 0.29) is 5.82 Å². The first-order valence-electron chi connectivity index (χ1n) is 6.20. The zero-order valence-corrected chi connectivity index (χ0v) is 10.8. The summed E-state index contributed by atoms with van der Waals surface area (Å²) in [5.74, 6) is -1.38. The highest BCUT2D eigenvalue weighted by atomic mass is 19.1. The smallest absolute Gasteiger partial charge is 0.328 e. The molecule has 0 aromatic heterocycles. The zero-order chi connectivity index (χ0) is 13.8. The molecule has 0 unspecified atom stereocenters. The number of carboxylic acids is 1. The molecule has 2 rings (SSSR count). The molecule has 19 heavy (non-hydrogen) atoms. The van der Waals surface area contributed by atoms with Crippen LogP contribution < -0.4 is 4.90 Å². The summed E-state index contributed by atoms with van der Waals surface area (Å²) in [5, 5.41) is 8.59. The zero-order valence-electron chi connectivity index (χ0n) is 10.8. The van der Waals surface area contributed by atoms with Crippen LogP contribution in [-0.2, 0) is 4.79 Å². The molecule has 1 aliphatic rings. The van der Waals surface area contributed by atoms with Gasteiger partial charge in [-0.2, -0.15) is 0 Å². The Morgan fingerprint density at radius 1 is 1.26 bits per heavy atom. The molecule has 4 nitrogen and oxygen atoms in total. The minimum absolute atomic E-state index is 0.346. The Morgan fingerprint density at radius 2 is 1.95 bits per heavy atom. The number of hydrogen-bond donors (Lipinski definition) is 1. The molecular weight excluding hydrogens is 247 g/mol. The predicted molar refractivity (Wildman–Crippen MR) is 72.8 cm³/mol. The van der Waals surface area contributed by atoms with E-state index < -0.39 is 5.97 Å². The van der Waals surface area contributed by atoms with Gasteiger partial charge in [-0.15, -0.1) is 0 Å². The van der Waals surface area contributed by atoms with Gasteiger partial charge in [-0.3, -0.25) is 0 Å². The van der Waals surface area contributed by atoms with Gasteiger partial charge in [0, 0.05) is 37.9 Å². The number of carboxylic acid groups (broad SMARTS) is 1. The highest BCUT2D eigenvalue weighted by Gasteiger charge is 2.15. The van der Waals surface area contributed by atoms with Crippen LogP contribution in [0.1, 0.15) is 5.56 Å². The Balaban J connectivity index is 2.19. The number of piperazine rings is 1. The van der Waals surface area contributed by atoms with Crippen molar-refractivity contribution in [2.75, 3.05) is 38.1 Å². The fourth-order valence-electron chi connectivity index (χ4n) is 2.11. The minimum Gasteiger partial charge on any atom is -0.478 e. The summed E-state index contributed by atoms with van der Waals surface area (Å²) in [6, 6.07) is 4.64. The van der Waals surface area contributed by atoms with E-state index in [9.17, 15) is 9.18 Å². The molecule has 1 saturated heterocycles. The number of anilines is 1. The summed E-state index contributed by atoms with van der Waals surface area (Å²) in [6.07, 6.45) is 2.42. The molecule has 102 valence electrons. The lowest BCUT2D eigenvalue weighted by Gasteiger charge is -2.34. The van der Waals surface area contributed by atoms with E-state index in [0.29, 0.717) is 5.56 Å². The highest BCUT2D eigenvalue weighted by Crippen LogP contribution is 2.20. The number of carbonyl (C=O) groups is 1. The number of likely N-dealkylation sites (N-methyl/N-ethyl adjacent to an activating group) is 1. The molecule has 0 aliphatic carbocycles. The van der Waals surface area contributed by atoms with Gasteiger partial charge in [-0.1, -0.05) is 0 Å². The molecule has 0 bridgehead atoms. The van der Waals surface area contributed by atoms with Gasteiger partial charge >= 0.3 is 5.97 Å². The van der Waals surface area contributed by atoms with Crippen molar-refractivity contribution < 1.29 is 14.3 Å². The van der Waals surface area contributed by atoms with Gasteiger partial charge in [-0.25, -0.2) is 9.18 Å². The van der Waals surface area contributed by atoms with Crippen LogP contribution in [0.5, 0.6) is 0 Å². The maximum atomic E-state index is 13.6. The van der Waals surface area contributed by atoms with E-state index in [1.54, 1.807) is 0 Å². The van der Waals surface area contributed by atoms with E-state index in [2.05, 4.69) is 16.8 Å². The second kappa shape index (κ2) is 5.84. The molecule has 5 heteroatoms. The van der Waals surface area contributed by atoms with Gasteiger partial charge in [0.25, 0.3) is 0 Å². The Kier molecular flexibility index (Phi) is 4.16. The minimum atomic E-state index is -1.04. The van der Waals surface area contributed by atoms with Crippen molar-refractivity contribution in [1.29, 1.82) is 0 Å². The lowest BCUT2D eigenvalue weighted by molar-refractivity contribution is -0.131. The van der Waals surface area contributed by atoms with E-state index >= 15 is 0 Å². The van der Waals surface area contributed by atoms with Crippen LogP contribution in [0.2, 0.25) is 0 Å². The standard InChI is InChI=1S/C14H17FN2O2/c1-16-4-6-17(7-5-16)13-9-11(2-3-14(18)19)8-12(15)10-13/h2-3,8-10H,4-7H2,1H3,(H,18,19)/b3-2+. The van der Waals surface area contributed by atoms with Crippen LogP contribution in [0, 0.1) is 5.82 Å². The van der Waals surface area contributed by atoms with Crippen molar-refractivity contribution in [3.63, 3.8) is 0 Å². The van der Waals surface area contributed by atoms with Crippen LogP contribution in [0.15, 0.2) is 24.3 Å². The van der Waals surface area contributed by atoms with Gasteiger partial charge < -0.3 is 14.9 Å². The van der Waals surface area contributed by atoms with E-state index in [1.807, 2.05) is 6.07 Å². The van der Waals surface area contributed by atoms with Crippen molar-refractivity contribution in [1.82, 2.24) is 4.90 Å². The highest BCUT2D eigenvalue weighted by molar-refractivity contribution is 5.85. The molecule has 0 spiro atoms. The largest absolute Gasteiger partial charge is 0.478 e. The molecule has 0 saturated carbocycles. The van der Waals surface area contributed by atoms with Crippen LogP contribution >= 0.6 is 0 Å². The fraction of sp³-hybridized carbons (Fsp3) is 0.357. The molecule has 1 N–H and O–H groups in total. The van der Waals surface area contributed by atoms with Crippen molar-refractivity contribution in [2.24, 2.45) is 0 Å². The van der Waals surface area contributed by atoms with E-state index in [0.717, 1.165) is 37.9 Å². The number of benzene rings is 1. The second-order valence-electron chi connectivity index (χ2n) is 4.70. The Hall–Kier alpha value is -1.88. The molecule has 0 atom stereocenters. The van der Waals surface area contributed by atoms with Gasteiger partial charge in [-0.05, 0) is 36.9 Å². The molecule has 1 aliphatic heterocycles. The average Bonchev–Trinajstić information content (AvgIpc) is 2.36. The van der Waals surface area contributed by atoms with Crippen molar-refractivity contribution in [2.45, 2.75) is 0 Å². The summed E-state index contributed by atoms with van der Waals surface area (Å²) >= 11 is 0. The number of rotatable bonds is 3. The van der Waals surface area contributed by atoms with Crippen molar-refractivity contribution in [3.8, 4) is 0 Å². The molecule has 1 heterocycles. The van der Waals surface area contributed by atoms with Crippen molar-refractivity contribution in [3.05, 3.63) is 35.7 Å². The Labute approximate surface area is 111 Å². The van der Waals surface area contributed by atoms with E-state index in [1.165, 1.54) is 18.2 Å². The SMILES string of the molecule is CN1CCN(c2cc(F)cc(/C=C/C(=O)O)c2)CC1. The van der Waals surface area contributed by atoms with Crippen LogP contribution in [0.25, 0.3) is 6.08 Å². The quantitative estimate of drug-likeness (QED) is 0.844. The van der Waals surface area contributed by atoms with Crippen LogP contribution in [0.3, 0.4) is 0 Å². The number of hydrogen-bond acceptors (Lipinski definition) is 3. The average molecular weight is 264 g/mol. The Morgan fingerprint density at radius 3 is 2.58 bits per heavy atom. The maximum absolute atomic E-state index is 13.6. The third kappa shape index (κ3) is 3.79. The third-order valence-electron chi connectivity index (χ3n) is 3.19. The number of nitrogens with zero attached hydrogens (tertiary/aromatic N) is 2. The van der Waals surface area contributed by atoms with Gasteiger partial charge in [0.05, 0.1) is 0 Å². The first kappa shape index (κ1) is 13.5. The lowest BCUT2D eigenvalue weighted by atomic mass is 10.1. The van der Waals surface area contributed by atoms with E-state index in [4.69, 9.17) is 5.11 Å². The number of halogens is 1. The lowest BCUT2D eigenvalue weighted by Crippen LogP contribution is -2.44. The molecule has 1 fully saturated rings. The van der Waals surface area contributed by atoms with Gasteiger partial charge in [0.15, 0.2) is 0 Å². The molecule has 1 aromatic carbocycles. The Bertz CT molecular complexity index is 494. The molecular formula is C14H17FN2O2. The predicted octanol–water partition coefficient (Wildman–Crippen LogP) is 1.68. The first-order valence-corrected chi connectivity index (χ1v) is 6.20. The summed E-state index contributed by atoms with van der Waals surface area (Å²) in [4.78, 5) is 14.8. The summed E-state index contributed by atoms with van der Waals surface area (Å²) < 4.78 is 13.6. The molecule has 1 aromatic rings. The fourth-order valence-corrected chi connectivity index (χ4v) is 2.11. The maximum Gasteiger partial charge on any atom is 0.328 e. The topological polar surface area (TPSA) is 43.8 Å². The summed E-state index contributed by atoms with van der Waals surface area (Å²) in [5.41, 5.74) is 1.37. The monoisotopic (exact) mass is 264 g/mol. The summed E-state index contributed by atoms with van der Waals surface area (Å²) in [7, 11) is 2.06. The van der Waals surface area contributed by atoms with Crippen LogP contribution in [0.4, 0.5) is 10.1 Å². The first-order chi connectivity index (χ1) is 9.04. The molecule has 0 amide bonds. The third-order valence-corrected chi connectivity index (χ3v) is 3.19. The van der Waals surface area contributed by atoms with Gasteiger partial charge in [0.1, 0.15) is 5.82 Å². The number of aliphatic carboxylic acids is 1. The van der Waals surface area contributed by atoms with Crippen molar-refractivity contribution >= 4 is 17.7 Å². The molecule has 0 radical (unpaired) electrons. The second-order valence-corrected chi connectivity index (χ2v) is 4.70.